The molecule has 0 aromatic carbocycles. The Morgan fingerprint density at radius 1 is 1.38 bits per heavy atom. The minimum atomic E-state index is 0.0881. The Hall–Kier alpha value is -1.95. The first-order chi connectivity index (χ1) is 12.3. The number of unbranched alkanes of at least 4 members (excludes halogenated alkanes) is 1. The van der Waals surface area contributed by atoms with E-state index in [0.717, 1.165) is 31.2 Å². The van der Waals surface area contributed by atoms with Gasteiger partial charge in [-0.25, -0.2) is 4.98 Å². The summed E-state index contributed by atoms with van der Waals surface area (Å²) in [6, 6.07) is 0. The van der Waals surface area contributed by atoms with E-state index < -0.39 is 0 Å². The molecule has 0 aliphatic heterocycles. The molecular formula is C19H30ClN5O. The van der Waals surface area contributed by atoms with Gasteiger partial charge in [-0.1, -0.05) is 38.8 Å². The molecule has 1 aromatic rings. The smallest absolute Gasteiger partial charge is 0.223 e. The Morgan fingerprint density at radius 2 is 2.08 bits per heavy atom. The lowest BCUT2D eigenvalue weighted by Crippen LogP contribution is -2.30. The second-order valence-electron chi connectivity index (χ2n) is 6.41. The first kappa shape index (κ1) is 22.1. The normalized spacial score (nSPS) is 13.6. The highest BCUT2D eigenvalue weighted by atomic mass is 35.5. The highest BCUT2D eigenvalue weighted by Crippen LogP contribution is 2.26. The first-order valence-electron chi connectivity index (χ1n) is 9.05. The summed E-state index contributed by atoms with van der Waals surface area (Å²) in [6.07, 6.45) is 5.76. The zero-order valence-electron chi connectivity index (χ0n) is 16.4. The van der Waals surface area contributed by atoms with E-state index >= 15 is 0 Å². The fourth-order valence-electron chi connectivity index (χ4n) is 2.46. The Kier molecular flexibility index (Phi) is 9.27. The van der Waals surface area contributed by atoms with Crippen molar-refractivity contribution in [3.63, 3.8) is 0 Å². The predicted molar refractivity (Wildman–Crippen MR) is 110 cm³/mol. The van der Waals surface area contributed by atoms with Gasteiger partial charge in [0.05, 0.1) is 18.8 Å². The molecule has 0 amide bonds. The first-order valence-corrected chi connectivity index (χ1v) is 9.43. The Morgan fingerprint density at radius 3 is 2.65 bits per heavy atom. The third kappa shape index (κ3) is 6.09. The molecule has 0 fully saturated rings. The molecule has 1 aromatic heterocycles. The molecule has 6 nitrogen and oxygen atoms in total. The summed E-state index contributed by atoms with van der Waals surface area (Å²) in [7, 11) is 0. The van der Waals surface area contributed by atoms with Crippen molar-refractivity contribution in [2.45, 2.75) is 53.9 Å². The zero-order valence-corrected chi connectivity index (χ0v) is 17.2. The molecule has 0 aliphatic rings. The molecule has 7 heteroatoms. The van der Waals surface area contributed by atoms with Crippen LogP contribution in [0.3, 0.4) is 0 Å². The second-order valence-corrected chi connectivity index (χ2v) is 6.77. The van der Waals surface area contributed by atoms with Crippen molar-refractivity contribution >= 4 is 35.9 Å². The van der Waals surface area contributed by atoms with Gasteiger partial charge in [-0.3, -0.25) is 4.99 Å². The third-order valence-electron chi connectivity index (χ3n) is 4.48. The van der Waals surface area contributed by atoms with Crippen LogP contribution >= 0.6 is 11.6 Å². The maximum Gasteiger partial charge on any atom is 0.223 e. The van der Waals surface area contributed by atoms with Crippen molar-refractivity contribution in [2.75, 3.05) is 23.7 Å². The summed E-state index contributed by atoms with van der Waals surface area (Å²) in [6.45, 7) is 11.0. The van der Waals surface area contributed by atoms with Crippen LogP contribution in [0.1, 0.15) is 52.5 Å². The maximum absolute atomic E-state index is 11.3. The number of nitrogen functional groups attached to an aromatic ring is 1. The van der Waals surface area contributed by atoms with E-state index in [1.807, 2.05) is 18.0 Å². The highest BCUT2D eigenvalue weighted by Gasteiger charge is 2.18. The zero-order chi connectivity index (χ0) is 19.7. The minimum Gasteiger partial charge on any atom is -0.368 e. The van der Waals surface area contributed by atoms with Gasteiger partial charge in [-0.2, -0.15) is 4.98 Å². The fraction of sp³-hybridized carbons (Fsp3) is 0.579. The van der Waals surface area contributed by atoms with Crippen molar-refractivity contribution < 1.29 is 4.79 Å². The molecule has 0 saturated heterocycles. The van der Waals surface area contributed by atoms with Crippen molar-refractivity contribution in [2.24, 2.45) is 10.9 Å². The summed E-state index contributed by atoms with van der Waals surface area (Å²) in [5.41, 5.74) is 8.61. The lowest BCUT2D eigenvalue weighted by molar-refractivity contribution is -0.106. The minimum absolute atomic E-state index is 0.0881. The van der Waals surface area contributed by atoms with E-state index in [0.29, 0.717) is 29.0 Å². The van der Waals surface area contributed by atoms with Crippen LogP contribution in [0.25, 0.3) is 0 Å². The van der Waals surface area contributed by atoms with E-state index in [1.165, 1.54) is 5.57 Å². The van der Waals surface area contributed by atoms with E-state index in [1.54, 1.807) is 0 Å². The van der Waals surface area contributed by atoms with Crippen LogP contribution in [0.4, 0.5) is 11.8 Å². The van der Waals surface area contributed by atoms with Gasteiger partial charge in [-0.05, 0) is 38.2 Å². The molecule has 26 heavy (non-hydrogen) atoms. The SMILES string of the molecule is CCCC=N/C(CN(CC=O)c1nc(N)nc(Cl)c1C)=C(/C)C(C)CC. The van der Waals surface area contributed by atoms with Crippen molar-refractivity contribution in [3.05, 3.63) is 22.0 Å². The summed E-state index contributed by atoms with van der Waals surface area (Å²) >= 11 is 6.15. The highest BCUT2D eigenvalue weighted by molar-refractivity contribution is 6.30. The van der Waals surface area contributed by atoms with E-state index in [-0.39, 0.29) is 12.5 Å². The number of aromatic nitrogens is 2. The predicted octanol–water partition coefficient (Wildman–Crippen LogP) is 4.22. The molecule has 2 N–H and O–H groups in total. The quantitative estimate of drug-likeness (QED) is 0.373. The summed E-state index contributed by atoms with van der Waals surface area (Å²) in [5.74, 6) is 1.06. The standard InChI is InChI=1S/C19H30ClN5O/c1-6-8-9-22-16(14(4)13(3)7-2)12-25(10-11-26)18-15(5)17(20)23-19(21)24-18/h9,11,13H,6-8,10,12H2,1-5H3,(H2,21,23,24)/b16-14-,22-9?. The molecule has 1 rings (SSSR count). The van der Waals surface area contributed by atoms with Crippen molar-refractivity contribution in [3.8, 4) is 0 Å². The summed E-state index contributed by atoms with van der Waals surface area (Å²) in [5, 5.41) is 0.294. The lowest BCUT2D eigenvalue weighted by Gasteiger charge is -2.25. The van der Waals surface area contributed by atoms with Crippen molar-refractivity contribution in [1.82, 2.24) is 9.97 Å². The van der Waals surface area contributed by atoms with Crippen LogP contribution in [0.2, 0.25) is 5.15 Å². The second kappa shape index (κ2) is 10.9. The number of hydrogen-bond donors (Lipinski definition) is 1. The number of aldehydes is 1. The molecule has 0 aliphatic carbocycles. The van der Waals surface area contributed by atoms with E-state index in [2.05, 4.69) is 37.7 Å². The van der Waals surface area contributed by atoms with Gasteiger partial charge in [0.2, 0.25) is 5.95 Å². The number of nitrogens with two attached hydrogens (primary N) is 1. The molecule has 1 heterocycles. The summed E-state index contributed by atoms with van der Waals surface area (Å²) < 4.78 is 0. The van der Waals surface area contributed by atoms with Gasteiger partial charge in [0.1, 0.15) is 17.3 Å². The average molecular weight is 380 g/mol. The third-order valence-corrected chi connectivity index (χ3v) is 4.85. The number of rotatable bonds is 10. The van der Waals surface area contributed by atoms with Gasteiger partial charge in [0, 0.05) is 11.8 Å². The number of hydrogen-bond acceptors (Lipinski definition) is 6. The molecule has 0 bridgehead atoms. The van der Waals surface area contributed by atoms with Crippen LogP contribution in [0, 0.1) is 12.8 Å². The number of carbonyl (C=O) groups excluding carboxylic acids is 1. The van der Waals surface area contributed by atoms with Gasteiger partial charge in [0.25, 0.3) is 0 Å². The monoisotopic (exact) mass is 379 g/mol. The molecule has 1 unspecified atom stereocenters. The topological polar surface area (TPSA) is 84.5 Å². The molecule has 0 radical (unpaired) electrons. The molecule has 0 spiro atoms. The average Bonchev–Trinajstić information content (AvgIpc) is 2.62. The molecule has 1 atom stereocenters. The Bertz CT molecular complexity index is 672. The van der Waals surface area contributed by atoms with Gasteiger partial charge >= 0.3 is 0 Å². The van der Waals surface area contributed by atoms with Crippen LogP contribution in [-0.2, 0) is 4.79 Å². The Labute approximate surface area is 161 Å². The molecular weight excluding hydrogens is 350 g/mol. The number of carbonyl (C=O) groups is 1. The van der Waals surface area contributed by atoms with Gasteiger partial charge in [0.15, 0.2) is 0 Å². The fourth-order valence-corrected chi connectivity index (χ4v) is 2.63. The number of nitrogens with zero attached hydrogens (tertiary/aromatic N) is 4. The van der Waals surface area contributed by atoms with Gasteiger partial charge < -0.3 is 15.4 Å². The molecule has 144 valence electrons. The van der Waals surface area contributed by atoms with Crippen molar-refractivity contribution in [1.29, 1.82) is 0 Å². The molecule has 0 saturated carbocycles. The lowest BCUT2D eigenvalue weighted by atomic mass is 9.98. The maximum atomic E-state index is 11.3. The van der Waals surface area contributed by atoms with Crippen LogP contribution in [-0.4, -0.2) is 35.6 Å². The number of allylic oxidation sites excluding steroid dienone is 1. The van der Waals surface area contributed by atoms with Crippen LogP contribution in [0.5, 0.6) is 0 Å². The number of aliphatic imine (C=N–C) groups is 1. The van der Waals surface area contributed by atoms with Crippen LogP contribution in [0.15, 0.2) is 16.3 Å². The van der Waals surface area contributed by atoms with Crippen LogP contribution < -0.4 is 10.6 Å². The number of anilines is 2. The van der Waals surface area contributed by atoms with Gasteiger partial charge in [-0.15, -0.1) is 0 Å². The van der Waals surface area contributed by atoms with E-state index in [4.69, 9.17) is 22.3 Å². The summed E-state index contributed by atoms with van der Waals surface area (Å²) in [4.78, 5) is 26.1. The Balaban J connectivity index is 3.32. The number of halogens is 1. The van der Waals surface area contributed by atoms with E-state index in [9.17, 15) is 4.79 Å². The largest absolute Gasteiger partial charge is 0.368 e.